The van der Waals surface area contributed by atoms with E-state index in [1.807, 2.05) is 18.2 Å². The minimum atomic E-state index is 0.546. The molecule has 0 unspecified atom stereocenters. The first kappa shape index (κ1) is 9.30. The molecule has 0 aliphatic carbocycles. The Bertz CT molecular complexity index is 653. The SMILES string of the molecule is Nc1[nH]ncc1-c1cccc2[nH]cc(Cl)c12. The summed E-state index contributed by atoms with van der Waals surface area (Å²) in [6.07, 6.45) is 3.47. The lowest BCUT2D eigenvalue weighted by Gasteiger charge is -2.02. The number of nitrogens with zero attached hydrogens (tertiary/aromatic N) is 1. The minimum Gasteiger partial charge on any atom is -0.384 e. The van der Waals surface area contributed by atoms with Gasteiger partial charge in [-0.25, -0.2) is 0 Å². The van der Waals surface area contributed by atoms with E-state index >= 15 is 0 Å². The van der Waals surface area contributed by atoms with Gasteiger partial charge in [-0.15, -0.1) is 0 Å². The zero-order valence-corrected chi connectivity index (χ0v) is 9.05. The van der Waals surface area contributed by atoms with Crippen molar-refractivity contribution in [1.82, 2.24) is 15.2 Å². The molecule has 4 nitrogen and oxygen atoms in total. The lowest BCUT2D eigenvalue weighted by atomic mass is 10.0. The predicted octanol–water partition coefficient (Wildman–Crippen LogP) is 2.79. The Balaban J connectivity index is 2.39. The van der Waals surface area contributed by atoms with Gasteiger partial charge in [-0.05, 0) is 11.6 Å². The zero-order valence-electron chi connectivity index (χ0n) is 8.29. The summed E-state index contributed by atoms with van der Waals surface area (Å²) < 4.78 is 0. The van der Waals surface area contributed by atoms with Gasteiger partial charge in [0, 0.05) is 22.7 Å². The highest BCUT2D eigenvalue weighted by atomic mass is 35.5. The molecule has 0 fully saturated rings. The first-order valence-electron chi connectivity index (χ1n) is 4.82. The van der Waals surface area contributed by atoms with Crippen LogP contribution in [0.25, 0.3) is 22.0 Å². The quantitative estimate of drug-likeness (QED) is 0.604. The summed E-state index contributed by atoms with van der Waals surface area (Å²) in [6.45, 7) is 0. The van der Waals surface area contributed by atoms with Crippen LogP contribution in [-0.2, 0) is 0 Å². The van der Waals surface area contributed by atoms with Crippen molar-refractivity contribution in [3.63, 3.8) is 0 Å². The molecule has 0 aliphatic rings. The van der Waals surface area contributed by atoms with Crippen molar-refractivity contribution in [2.24, 2.45) is 0 Å². The van der Waals surface area contributed by atoms with E-state index in [4.69, 9.17) is 17.3 Å². The zero-order chi connectivity index (χ0) is 11.1. The molecule has 4 N–H and O–H groups in total. The number of benzene rings is 1. The van der Waals surface area contributed by atoms with Crippen LogP contribution in [-0.4, -0.2) is 15.2 Å². The van der Waals surface area contributed by atoms with Crippen LogP contribution in [0, 0.1) is 0 Å². The number of halogens is 1. The fourth-order valence-corrected chi connectivity index (χ4v) is 2.14. The fourth-order valence-electron chi connectivity index (χ4n) is 1.88. The Labute approximate surface area is 96.4 Å². The van der Waals surface area contributed by atoms with Crippen LogP contribution in [0.5, 0.6) is 0 Å². The second-order valence-electron chi connectivity index (χ2n) is 3.56. The first-order valence-corrected chi connectivity index (χ1v) is 5.20. The van der Waals surface area contributed by atoms with Crippen LogP contribution in [0.3, 0.4) is 0 Å². The highest BCUT2D eigenvalue weighted by molar-refractivity contribution is 6.36. The summed E-state index contributed by atoms with van der Waals surface area (Å²) in [5.41, 5.74) is 8.65. The van der Waals surface area contributed by atoms with Gasteiger partial charge in [0.25, 0.3) is 0 Å². The molecule has 0 spiro atoms. The molecule has 0 aliphatic heterocycles. The first-order chi connectivity index (χ1) is 7.77. The summed E-state index contributed by atoms with van der Waals surface area (Å²) >= 11 is 6.14. The number of nitrogens with one attached hydrogen (secondary N) is 2. The van der Waals surface area contributed by atoms with Crippen LogP contribution >= 0.6 is 11.6 Å². The number of H-pyrrole nitrogens is 2. The highest BCUT2D eigenvalue weighted by Crippen LogP contribution is 2.35. The summed E-state index contributed by atoms with van der Waals surface area (Å²) in [6, 6.07) is 5.90. The summed E-state index contributed by atoms with van der Waals surface area (Å²) in [7, 11) is 0. The molecule has 0 radical (unpaired) electrons. The Hall–Kier alpha value is -1.94. The van der Waals surface area contributed by atoms with Gasteiger partial charge in [-0.1, -0.05) is 23.7 Å². The number of hydrogen-bond donors (Lipinski definition) is 3. The Kier molecular flexibility index (Phi) is 1.91. The van der Waals surface area contributed by atoms with Crippen molar-refractivity contribution in [3.05, 3.63) is 35.6 Å². The third kappa shape index (κ3) is 1.20. The second-order valence-corrected chi connectivity index (χ2v) is 3.97. The van der Waals surface area contributed by atoms with Crippen LogP contribution in [0.1, 0.15) is 0 Å². The molecular formula is C11H9ClN4. The maximum absolute atomic E-state index is 6.14. The number of nitrogens with two attached hydrogens (primary N) is 1. The van der Waals surface area contributed by atoms with Crippen molar-refractivity contribution >= 4 is 28.3 Å². The third-order valence-corrected chi connectivity index (χ3v) is 2.91. The lowest BCUT2D eigenvalue weighted by molar-refractivity contribution is 1.10. The van der Waals surface area contributed by atoms with Crippen molar-refractivity contribution in [1.29, 1.82) is 0 Å². The molecule has 5 heteroatoms. The predicted molar refractivity (Wildman–Crippen MR) is 65.3 cm³/mol. The number of nitrogen functional groups attached to an aromatic ring is 1. The Morgan fingerprint density at radius 2 is 2.12 bits per heavy atom. The van der Waals surface area contributed by atoms with Gasteiger partial charge in [0.2, 0.25) is 0 Å². The van der Waals surface area contributed by atoms with Crippen molar-refractivity contribution < 1.29 is 0 Å². The maximum atomic E-state index is 6.14. The van der Waals surface area contributed by atoms with Crippen LogP contribution in [0.2, 0.25) is 5.02 Å². The van der Waals surface area contributed by atoms with E-state index in [1.54, 1.807) is 12.4 Å². The van der Waals surface area contributed by atoms with Gasteiger partial charge in [0.15, 0.2) is 0 Å². The molecule has 0 atom stereocenters. The number of aromatic nitrogens is 3. The van der Waals surface area contributed by atoms with E-state index in [1.165, 1.54) is 0 Å². The van der Waals surface area contributed by atoms with Crippen LogP contribution in [0.4, 0.5) is 5.82 Å². The van der Waals surface area contributed by atoms with Crippen molar-refractivity contribution in [2.75, 3.05) is 5.73 Å². The molecular weight excluding hydrogens is 224 g/mol. The number of fused-ring (bicyclic) bond motifs is 1. The summed E-state index contributed by atoms with van der Waals surface area (Å²) in [5, 5.41) is 8.29. The summed E-state index contributed by atoms with van der Waals surface area (Å²) in [4.78, 5) is 3.11. The lowest BCUT2D eigenvalue weighted by Crippen LogP contribution is -1.88. The number of rotatable bonds is 1. The maximum Gasteiger partial charge on any atom is 0.126 e. The topological polar surface area (TPSA) is 70.5 Å². The summed E-state index contributed by atoms with van der Waals surface area (Å²) in [5.74, 6) is 0.546. The molecule has 3 aromatic rings. The van der Waals surface area contributed by atoms with Crippen LogP contribution in [0.15, 0.2) is 30.6 Å². The highest BCUT2D eigenvalue weighted by Gasteiger charge is 2.11. The van der Waals surface area contributed by atoms with Crippen molar-refractivity contribution in [2.45, 2.75) is 0 Å². The van der Waals surface area contributed by atoms with Gasteiger partial charge in [0.05, 0.1) is 11.2 Å². The monoisotopic (exact) mass is 232 g/mol. The van der Waals surface area contributed by atoms with Gasteiger partial charge in [0.1, 0.15) is 5.82 Å². The van der Waals surface area contributed by atoms with E-state index in [9.17, 15) is 0 Å². The van der Waals surface area contributed by atoms with E-state index in [2.05, 4.69) is 15.2 Å². The molecule has 0 bridgehead atoms. The molecule has 16 heavy (non-hydrogen) atoms. The van der Waals surface area contributed by atoms with Gasteiger partial charge in [-0.2, -0.15) is 5.10 Å². The smallest absolute Gasteiger partial charge is 0.126 e. The van der Waals surface area contributed by atoms with Gasteiger partial charge >= 0.3 is 0 Å². The largest absolute Gasteiger partial charge is 0.384 e. The van der Waals surface area contributed by atoms with E-state index in [0.29, 0.717) is 10.8 Å². The molecule has 0 saturated heterocycles. The normalized spacial score (nSPS) is 11.1. The standard InChI is InChI=1S/C11H9ClN4/c12-8-5-14-9-3-1-2-6(10(8)9)7-4-15-16-11(7)13/h1-5,14H,(H3,13,15,16). The number of anilines is 1. The molecule has 3 rings (SSSR count). The second kappa shape index (κ2) is 3.28. The average Bonchev–Trinajstić information content (AvgIpc) is 2.86. The molecule has 2 heterocycles. The van der Waals surface area contributed by atoms with Gasteiger partial charge in [-0.3, -0.25) is 5.10 Å². The molecule has 0 saturated carbocycles. The van der Waals surface area contributed by atoms with E-state index in [-0.39, 0.29) is 0 Å². The Morgan fingerprint density at radius 1 is 1.25 bits per heavy atom. The van der Waals surface area contributed by atoms with Crippen molar-refractivity contribution in [3.8, 4) is 11.1 Å². The molecule has 2 aromatic heterocycles. The van der Waals surface area contributed by atoms with E-state index < -0.39 is 0 Å². The number of hydrogen-bond acceptors (Lipinski definition) is 2. The van der Waals surface area contributed by atoms with E-state index in [0.717, 1.165) is 22.0 Å². The van der Waals surface area contributed by atoms with Crippen LogP contribution < -0.4 is 5.73 Å². The Morgan fingerprint density at radius 3 is 2.88 bits per heavy atom. The molecule has 1 aromatic carbocycles. The average molecular weight is 233 g/mol. The molecule has 80 valence electrons. The fraction of sp³-hybridized carbons (Fsp3) is 0. The molecule has 0 amide bonds. The number of aromatic amines is 2. The van der Waals surface area contributed by atoms with Gasteiger partial charge < -0.3 is 10.7 Å². The minimum absolute atomic E-state index is 0.546. The third-order valence-electron chi connectivity index (χ3n) is 2.62.